The molecule has 10 heteroatoms. The SMILES string of the molecule is COC(=O)c1c(N)c2ccc(C(F)(F)F)nc2n(-c2cccnc2C2CC2)c1=O. The number of ether oxygens (including phenoxy) is 1. The first-order chi connectivity index (χ1) is 13.7. The number of nitrogens with two attached hydrogens (primary N) is 1. The number of alkyl halides is 3. The second-order valence-corrected chi connectivity index (χ2v) is 6.67. The number of hydrogen-bond acceptors (Lipinski definition) is 6. The fourth-order valence-corrected chi connectivity index (χ4v) is 3.24. The fourth-order valence-electron chi connectivity index (χ4n) is 3.24. The molecule has 0 aromatic carbocycles. The number of nitrogen functional groups attached to an aromatic ring is 1. The summed E-state index contributed by atoms with van der Waals surface area (Å²) in [5.41, 5.74) is 3.63. The second-order valence-electron chi connectivity index (χ2n) is 6.67. The van der Waals surface area contributed by atoms with E-state index in [0.29, 0.717) is 5.69 Å². The van der Waals surface area contributed by atoms with Gasteiger partial charge < -0.3 is 10.5 Å². The topological polar surface area (TPSA) is 100 Å². The lowest BCUT2D eigenvalue weighted by Gasteiger charge is -2.17. The van der Waals surface area contributed by atoms with Crippen LogP contribution >= 0.6 is 0 Å². The standard InChI is InChI=1S/C19H15F3N4O3/c1-29-18(28)13-14(23)10-6-7-12(19(20,21)22)25-16(10)26(17(13)27)11-3-2-8-24-15(11)9-4-5-9/h2-3,6-9H,4-5,23H2,1H3. The number of halogens is 3. The van der Waals surface area contributed by atoms with Crippen LogP contribution in [0.15, 0.2) is 35.3 Å². The Hall–Kier alpha value is -3.43. The Balaban J connectivity index is 2.16. The lowest BCUT2D eigenvalue weighted by atomic mass is 10.1. The molecule has 1 fully saturated rings. The van der Waals surface area contributed by atoms with E-state index in [1.54, 1.807) is 12.1 Å². The van der Waals surface area contributed by atoms with Crippen LogP contribution in [0.3, 0.4) is 0 Å². The van der Waals surface area contributed by atoms with Crippen molar-refractivity contribution in [1.29, 1.82) is 0 Å². The van der Waals surface area contributed by atoms with E-state index in [9.17, 15) is 22.8 Å². The average molecular weight is 404 g/mol. The van der Waals surface area contributed by atoms with E-state index < -0.39 is 29.0 Å². The minimum atomic E-state index is -4.72. The molecular weight excluding hydrogens is 389 g/mol. The van der Waals surface area contributed by atoms with Crippen LogP contribution in [-0.2, 0) is 10.9 Å². The zero-order valence-electron chi connectivity index (χ0n) is 15.2. The summed E-state index contributed by atoms with van der Waals surface area (Å²) in [5, 5.41) is 0.0311. The molecule has 0 radical (unpaired) electrons. The molecule has 0 unspecified atom stereocenters. The quantitative estimate of drug-likeness (QED) is 0.674. The van der Waals surface area contributed by atoms with Crippen molar-refractivity contribution in [2.24, 2.45) is 0 Å². The van der Waals surface area contributed by atoms with Gasteiger partial charge in [0, 0.05) is 17.5 Å². The van der Waals surface area contributed by atoms with E-state index in [-0.39, 0.29) is 28.3 Å². The summed E-state index contributed by atoms with van der Waals surface area (Å²) in [6, 6.07) is 4.96. The Labute approximate surface area is 161 Å². The number of anilines is 1. The predicted molar refractivity (Wildman–Crippen MR) is 97.9 cm³/mol. The van der Waals surface area contributed by atoms with Crippen LogP contribution in [0.5, 0.6) is 0 Å². The van der Waals surface area contributed by atoms with Gasteiger partial charge in [-0.1, -0.05) is 0 Å². The highest BCUT2D eigenvalue weighted by Gasteiger charge is 2.35. The molecule has 150 valence electrons. The van der Waals surface area contributed by atoms with E-state index in [1.807, 2.05) is 0 Å². The second kappa shape index (κ2) is 6.57. The van der Waals surface area contributed by atoms with E-state index in [2.05, 4.69) is 14.7 Å². The maximum Gasteiger partial charge on any atom is 0.433 e. The van der Waals surface area contributed by atoms with Crippen LogP contribution in [0.2, 0.25) is 0 Å². The molecule has 1 aliphatic carbocycles. The Bertz CT molecular complexity index is 1200. The molecule has 0 aliphatic heterocycles. The highest BCUT2D eigenvalue weighted by molar-refractivity contribution is 6.03. The predicted octanol–water partition coefficient (Wildman–Crippen LogP) is 3.05. The van der Waals surface area contributed by atoms with Crippen molar-refractivity contribution in [3.63, 3.8) is 0 Å². The third-order valence-electron chi connectivity index (χ3n) is 4.76. The fraction of sp³-hybridized carbons (Fsp3) is 0.263. The molecule has 1 aliphatic rings. The van der Waals surface area contributed by atoms with Gasteiger partial charge in [-0.05, 0) is 37.1 Å². The Morgan fingerprint density at radius 3 is 2.62 bits per heavy atom. The molecule has 3 aromatic rings. The molecule has 0 saturated heterocycles. The van der Waals surface area contributed by atoms with Gasteiger partial charge in [-0.15, -0.1) is 0 Å². The monoisotopic (exact) mass is 404 g/mol. The molecule has 2 N–H and O–H groups in total. The molecule has 7 nitrogen and oxygen atoms in total. The van der Waals surface area contributed by atoms with Crippen LogP contribution in [-0.4, -0.2) is 27.6 Å². The summed E-state index contributed by atoms with van der Waals surface area (Å²) in [6.07, 6.45) is -1.50. The van der Waals surface area contributed by atoms with Gasteiger partial charge in [-0.3, -0.25) is 14.3 Å². The van der Waals surface area contributed by atoms with Gasteiger partial charge in [-0.25, -0.2) is 9.78 Å². The number of carbonyl (C=O) groups excluding carboxylic acids is 1. The molecular formula is C19H15F3N4O3. The Morgan fingerprint density at radius 2 is 2.00 bits per heavy atom. The zero-order valence-corrected chi connectivity index (χ0v) is 15.2. The number of methoxy groups -OCH3 is 1. The summed E-state index contributed by atoms with van der Waals surface area (Å²) >= 11 is 0. The third kappa shape index (κ3) is 3.10. The number of aromatic nitrogens is 3. The summed E-state index contributed by atoms with van der Waals surface area (Å²) in [7, 11) is 1.08. The third-order valence-corrected chi connectivity index (χ3v) is 4.76. The van der Waals surface area contributed by atoms with Gasteiger partial charge in [0.2, 0.25) is 0 Å². The molecule has 0 bridgehead atoms. The van der Waals surface area contributed by atoms with Gasteiger partial charge in [0.05, 0.1) is 24.2 Å². The van der Waals surface area contributed by atoms with Gasteiger partial charge >= 0.3 is 12.1 Å². The Morgan fingerprint density at radius 1 is 1.28 bits per heavy atom. The lowest BCUT2D eigenvalue weighted by molar-refractivity contribution is -0.141. The van der Waals surface area contributed by atoms with Crippen molar-refractivity contribution < 1.29 is 22.7 Å². The molecule has 4 rings (SSSR count). The molecule has 0 amide bonds. The van der Waals surface area contributed by atoms with Gasteiger partial charge in [0.25, 0.3) is 5.56 Å². The molecule has 0 spiro atoms. The molecule has 3 aromatic heterocycles. The van der Waals surface area contributed by atoms with E-state index in [1.165, 1.54) is 6.20 Å². The average Bonchev–Trinajstić information content (AvgIpc) is 3.52. The first kappa shape index (κ1) is 18.9. The Kier molecular flexibility index (Phi) is 4.29. The maximum absolute atomic E-state index is 13.3. The summed E-state index contributed by atoms with van der Waals surface area (Å²) in [4.78, 5) is 33.4. The van der Waals surface area contributed by atoms with Crippen molar-refractivity contribution in [2.75, 3.05) is 12.8 Å². The number of pyridine rings is 3. The van der Waals surface area contributed by atoms with Crippen LogP contribution in [0.4, 0.5) is 18.9 Å². The highest BCUT2D eigenvalue weighted by atomic mass is 19.4. The minimum absolute atomic E-state index is 0.0311. The van der Waals surface area contributed by atoms with Gasteiger partial charge in [0.1, 0.15) is 16.9 Å². The molecule has 1 saturated carbocycles. The molecule has 0 atom stereocenters. The first-order valence-electron chi connectivity index (χ1n) is 8.70. The summed E-state index contributed by atoms with van der Waals surface area (Å²) in [6.45, 7) is 0. The highest BCUT2D eigenvalue weighted by Crippen LogP contribution is 2.42. The van der Waals surface area contributed by atoms with Crippen LogP contribution < -0.4 is 11.3 Å². The van der Waals surface area contributed by atoms with Crippen molar-refractivity contribution in [1.82, 2.24) is 14.5 Å². The summed E-state index contributed by atoms with van der Waals surface area (Å²) in [5.74, 6) is -0.905. The number of hydrogen-bond donors (Lipinski definition) is 1. The number of carbonyl (C=O) groups is 1. The maximum atomic E-state index is 13.3. The number of nitrogens with zero attached hydrogens (tertiary/aromatic N) is 3. The number of rotatable bonds is 3. The van der Waals surface area contributed by atoms with Crippen LogP contribution in [0.25, 0.3) is 16.7 Å². The van der Waals surface area contributed by atoms with E-state index in [0.717, 1.165) is 36.7 Å². The molecule has 3 heterocycles. The van der Waals surface area contributed by atoms with Gasteiger partial charge in [0.15, 0.2) is 0 Å². The normalized spacial score (nSPS) is 14.2. The van der Waals surface area contributed by atoms with Crippen molar-refractivity contribution in [2.45, 2.75) is 24.9 Å². The number of esters is 1. The van der Waals surface area contributed by atoms with Crippen LogP contribution in [0.1, 0.15) is 40.5 Å². The summed E-state index contributed by atoms with van der Waals surface area (Å²) < 4.78 is 45.4. The van der Waals surface area contributed by atoms with Gasteiger partial charge in [-0.2, -0.15) is 13.2 Å². The smallest absolute Gasteiger partial charge is 0.433 e. The molecule has 29 heavy (non-hydrogen) atoms. The largest absolute Gasteiger partial charge is 0.465 e. The van der Waals surface area contributed by atoms with Crippen molar-refractivity contribution >= 4 is 22.7 Å². The lowest BCUT2D eigenvalue weighted by Crippen LogP contribution is -2.29. The van der Waals surface area contributed by atoms with Crippen LogP contribution in [0, 0.1) is 0 Å². The van der Waals surface area contributed by atoms with E-state index >= 15 is 0 Å². The first-order valence-corrected chi connectivity index (χ1v) is 8.70. The van der Waals surface area contributed by atoms with Crippen molar-refractivity contribution in [3.8, 4) is 5.69 Å². The van der Waals surface area contributed by atoms with E-state index in [4.69, 9.17) is 5.73 Å². The minimum Gasteiger partial charge on any atom is -0.465 e. The zero-order chi connectivity index (χ0) is 20.9. The van der Waals surface area contributed by atoms with Crippen molar-refractivity contribution in [3.05, 3.63) is 57.8 Å². The number of fused-ring (bicyclic) bond motifs is 1.